The maximum Gasteiger partial charge on any atom is 0.315 e. The molecule has 1 unspecified atom stereocenters. The van der Waals surface area contributed by atoms with Gasteiger partial charge in [0, 0.05) is 24.9 Å². The van der Waals surface area contributed by atoms with Crippen LogP contribution in [0.5, 0.6) is 0 Å². The fourth-order valence-corrected chi connectivity index (χ4v) is 2.77. The lowest BCUT2D eigenvalue weighted by Gasteiger charge is -2.14. The van der Waals surface area contributed by atoms with Gasteiger partial charge < -0.3 is 10.6 Å². The molecule has 1 atom stereocenters. The molecule has 3 rings (SSSR count). The summed E-state index contributed by atoms with van der Waals surface area (Å²) in [5.74, 6) is 0. The number of benzene rings is 1. The average Bonchev–Trinajstić information content (AvgIpc) is 2.92. The number of rotatable bonds is 4. The van der Waals surface area contributed by atoms with E-state index in [0.29, 0.717) is 6.54 Å². The van der Waals surface area contributed by atoms with E-state index < -0.39 is 0 Å². The largest absolute Gasteiger partial charge is 0.338 e. The van der Waals surface area contributed by atoms with Gasteiger partial charge in [0.2, 0.25) is 0 Å². The molecule has 1 aromatic carbocycles. The molecule has 1 aliphatic carbocycles. The Bertz CT molecular complexity index is 612. The second-order valence-corrected chi connectivity index (χ2v) is 5.26. The number of nitrogens with zero attached hydrogens (tertiary/aromatic N) is 1. The standard InChI is InChI=1S/C17H19N3O/c21-17(19-12-10-14-6-3-4-11-18-14)20-16-9-8-13-5-1-2-7-15(13)16/h1-7,11,16H,8-10,12H2,(H2,19,20,21). The number of pyridine rings is 1. The van der Waals surface area contributed by atoms with E-state index >= 15 is 0 Å². The second-order valence-electron chi connectivity index (χ2n) is 5.26. The van der Waals surface area contributed by atoms with E-state index in [1.807, 2.05) is 30.3 Å². The molecule has 4 heteroatoms. The van der Waals surface area contributed by atoms with Gasteiger partial charge in [-0.15, -0.1) is 0 Å². The Labute approximate surface area is 124 Å². The number of hydrogen-bond donors (Lipinski definition) is 2. The van der Waals surface area contributed by atoms with Crippen LogP contribution in [0.4, 0.5) is 4.79 Å². The van der Waals surface area contributed by atoms with Gasteiger partial charge in [-0.25, -0.2) is 4.79 Å². The van der Waals surface area contributed by atoms with Crippen LogP contribution < -0.4 is 10.6 Å². The molecule has 21 heavy (non-hydrogen) atoms. The van der Waals surface area contributed by atoms with Gasteiger partial charge >= 0.3 is 6.03 Å². The summed E-state index contributed by atoms with van der Waals surface area (Å²) < 4.78 is 0. The fraction of sp³-hybridized carbons (Fsp3) is 0.294. The van der Waals surface area contributed by atoms with Gasteiger partial charge in [-0.2, -0.15) is 0 Å². The maximum absolute atomic E-state index is 12.0. The Hall–Kier alpha value is -2.36. The van der Waals surface area contributed by atoms with Gasteiger partial charge in [0.1, 0.15) is 0 Å². The molecule has 1 heterocycles. The van der Waals surface area contributed by atoms with Crippen molar-refractivity contribution in [3.8, 4) is 0 Å². The third-order valence-corrected chi connectivity index (χ3v) is 3.83. The van der Waals surface area contributed by atoms with Crippen LogP contribution in [0, 0.1) is 0 Å². The van der Waals surface area contributed by atoms with Gasteiger partial charge in [-0.1, -0.05) is 30.3 Å². The van der Waals surface area contributed by atoms with Crippen molar-refractivity contribution >= 4 is 6.03 Å². The Morgan fingerprint density at radius 1 is 1.19 bits per heavy atom. The van der Waals surface area contributed by atoms with E-state index in [0.717, 1.165) is 25.0 Å². The van der Waals surface area contributed by atoms with E-state index in [1.54, 1.807) is 6.20 Å². The van der Waals surface area contributed by atoms with Crippen molar-refractivity contribution < 1.29 is 4.79 Å². The zero-order valence-electron chi connectivity index (χ0n) is 11.9. The maximum atomic E-state index is 12.0. The number of nitrogens with one attached hydrogen (secondary N) is 2. The molecule has 1 aromatic heterocycles. The topological polar surface area (TPSA) is 54.0 Å². The van der Waals surface area contributed by atoms with E-state index in [-0.39, 0.29) is 12.1 Å². The molecular formula is C17H19N3O. The fourth-order valence-electron chi connectivity index (χ4n) is 2.77. The van der Waals surface area contributed by atoms with Crippen molar-refractivity contribution in [3.05, 3.63) is 65.5 Å². The molecular weight excluding hydrogens is 262 g/mol. The highest BCUT2D eigenvalue weighted by Crippen LogP contribution is 2.30. The van der Waals surface area contributed by atoms with Crippen LogP contribution in [-0.4, -0.2) is 17.6 Å². The van der Waals surface area contributed by atoms with Gasteiger partial charge in [-0.3, -0.25) is 4.98 Å². The number of hydrogen-bond acceptors (Lipinski definition) is 2. The van der Waals surface area contributed by atoms with E-state index in [1.165, 1.54) is 11.1 Å². The minimum absolute atomic E-state index is 0.104. The lowest BCUT2D eigenvalue weighted by molar-refractivity contribution is 0.237. The lowest BCUT2D eigenvalue weighted by Crippen LogP contribution is -2.38. The van der Waals surface area contributed by atoms with E-state index in [4.69, 9.17) is 0 Å². The molecule has 108 valence electrons. The summed E-state index contributed by atoms with van der Waals surface area (Å²) in [6, 6.07) is 14.2. The van der Waals surface area contributed by atoms with Crippen LogP contribution in [0.15, 0.2) is 48.7 Å². The van der Waals surface area contributed by atoms with Crippen molar-refractivity contribution in [2.75, 3.05) is 6.54 Å². The predicted molar refractivity (Wildman–Crippen MR) is 82.0 cm³/mol. The monoisotopic (exact) mass is 281 g/mol. The molecule has 1 aliphatic rings. The van der Waals surface area contributed by atoms with Gasteiger partial charge in [0.05, 0.1) is 6.04 Å². The van der Waals surface area contributed by atoms with Crippen molar-refractivity contribution in [2.45, 2.75) is 25.3 Å². The highest BCUT2D eigenvalue weighted by molar-refractivity contribution is 5.74. The zero-order chi connectivity index (χ0) is 14.5. The molecule has 4 nitrogen and oxygen atoms in total. The van der Waals surface area contributed by atoms with Crippen molar-refractivity contribution in [1.82, 2.24) is 15.6 Å². The van der Waals surface area contributed by atoms with Gasteiger partial charge in [-0.05, 0) is 36.1 Å². The summed E-state index contributed by atoms with van der Waals surface area (Å²) in [6.45, 7) is 0.594. The van der Waals surface area contributed by atoms with Crippen LogP contribution in [0.25, 0.3) is 0 Å². The Morgan fingerprint density at radius 2 is 2.05 bits per heavy atom. The first kappa shape index (κ1) is 13.6. The molecule has 0 saturated carbocycles. The zero-order valence-corrected chi connectivity index (χ0v) is 11.9. The number of fused-ring (bicyclic) bond motifs is 1. The minimum atomic E-state index is -0.104. The van der Waals surface area contributed by atoms with Gasteiger partial charge in [0.25, 0.3) is 0 Å². The lowest BCUT2D eigenvalue weighted by atomic mass is 10.1. The number of carbonyl (C=O) groups is 1. The summed E-state index contributed by atoms with van der Waals surface area (Å²) in [6.07, 6.45) is 4.53. The Morgan fingerprint density at radius 3 is 2.90 bits per heavy atom. The summed E-state index contributed by atoms with van der Waals surface area (Å²) in [4.78, 5) is 16.2. The molecule has 0 bridgehead atoms. The predicted octanol–water partition coefficient (Wildman–Crippen LogP) is 2.61. The molecule has 0 fully saturated rings. The summed E-state index contributed by atoms with van der Waals surface area (Å²) >= 11 is 0. The highest BCUT2D eigenvalue weighted by Gasteiger charge is 2.22. The third kappa shape index (κ3) is 3.40. The summed E-state index contributed by atoms with van der Waals surface area (Å²) in [5.41, 5.74) is 3.58. The smallest absolute Gasteiger partial charge is 0.315 e. The van der Waals surface area contributed by atoms with Gasteiger partial charge in [0.15, 0.2) is 0 Å². The van der Waals surface area contributed by atoms with Crippen molar-refractivity contribution in [2.24, 2.45) is 0 Å². The normalized spacial score (nSPS) is 16.3. The van der Waals surface area contributed by atoms with Crippen LogP contribution in [-0.2, 0) is 12.8 Å². The third-order valence-electron chi connectivity index (χ3n) is 3.83. The number of carbonyl (C=O) groups excluding carboxylic acids is 1. The summed E-state index contributed by atoms with van der Waals surface area (Å²) in [7, 11) is 0. The molecule has 0 aliphatic heterocycles. The number of aryl methyl sites for hydroxylation is 1. The Kier molecular flexibility index (Phi) is 4.15. The first-order chi connectivity index (χ1) is 10.3. The number of urea groups is 1. The molecule has 2 aromatic rings. The van der Waals surface area contributed by atoms with Crippen LogP contribution in [0.2, 0.25) is 0 Å². The SMILES string of the molecule is O=C(NCCc1ccccn1)NC1CCc2ccccc21. The first-order valence-electron chi connectivity index (χ1n) is 7.35. The van der Waals surface area contributed by atoms with E-state index in [9.17, 15) is 4.79 Å². The second kappa shape index (κ2) is 6.39. The number of amides is 2. The van der Waals surface area contributed by atoms with Crippen LogP contribution in [0.1, 0.15) is 29.3 Å². The molecule has 0 radical (unpaired) electrons. The van der Waals surface area contributed by atoms with E-state index in [2.05, 4.69) is 27.8 Å². The highest BCUT2D eigenvalue weighted by atomic mass is 16.2. The average molecular weight is 281 g/mol. The molecule has 2 N–H and O–H groups in total. The van der Waals surface area contributed by atoms with Crippen LogP contribution in [0.3, 0.4) is 0 Å². The molecule has 0 saturated heterocycles. The number of aromatic nitrogens is 1. The van der Waals surface area contributed by atoms with Crippen molar-refractivity contribution in [1.29, 1.82) is 0 Å². The minimum Gasteiger partial charge on any atom is -0.338 e. The van der Waals surface area contributed by atoms with Crippen molar-refractivity contribution in [3.63, 3.8) is 0 Å². The Balaban J connectivity index is 1.47. The summed E-state index contributed by atoms with van der Waals surface area (Å²) in [5, 5.41) is 5.95. The van der Waals surface area contributed by atoms with Crippen LogP contribution >= 0.6 is 0 Å². The molecule has 0 spiro atoms. The quantitative estimate of drug-likeness (QED) is 0.905. The molecule has 2 amide bonds. The first-order valence-corrected chi connectivity index (χ1v) is 7.35.